The molecule has 24 heavy (non-hydrogen) atoms. The first-order valence-corrected chi connectivity index (χ1v) is 8.03. The van der Waals surface area contributed by atoms with E-state index in [0.717, 1.165) is 24.8 Å². The molecule has 3 N–H and O–H groups in total. The Balaban J connectivity index is 1.49. The van der Waals surface area contributed by atoms with Crippen molar-refractivity contribution < 1.29 is 4.79 Å². The molecule has 2 heterocycles. The van der Waals surface area contributed by atoms with E-state index in [1.54, 1.807) is 23.0 Å². The third-order valence-corrected chi connectivity index (χ3v) is 4.34. The van der Waals surface area contributed by atoms with Crippen LogP contribution in [-0.4, -0.2) is 25.5 Å². The molecule has 0 spiro atoms. The van der Waals surface area contributed by atoms with Crippen molar-refractivity contribution in [2.45, 2.75) is 31.8 Å². The number of carbonyl (C=O) groups excluding carboxylic acids is 1. The van der Waals surface area contributed by atoms with E-state index in [1.165, 1.54) is 5.56 Å². The number of hydrogen-bond acceptors (Lipinski definition) is 5. The van der Waals surface area contributed by atoms with Gasteiger partial charge < -0.3 is 11.1 Å². The predicted octanol–water partition coefficient (Wildman–Crippen LogP) is 1.39. The zero-order valence-corrected chi connectivity index (χ0v) is 13.1. The van der Waals surface area contributed by atoms with E-state index in [4.69, 9.17) is 5.73 Å². The van der Waals surface area contributed by atoms with Gasteiger partial charge in [0.1, 0.15) is 0 Å². The lowest BCUT2D eigenvalue weighted by Gasteiger charge is -2.22. The van der Waals surface area contributed by atoms with Crippen molar-refractivity contribution in [3.05, 3.63) is 59.2 Å². The number of fused-ring (bicyclic) bond motifs is 2. The smallest absolute Gasteiger partial charge is 0.252 e. The molecule has 122 valence electrons. The zero-order valence-electron chi connectivity index (χ0n) is 13.1. The molecule has 0 radical (unpaired) electrons. The van der Waals surface area contributed by atoms with Crippen LogP contribution in [0.2, 0.25) is 0 Å². The summed E-state index contributed by atoms with van der Waals surface area (Å²) < 4.78 is 1.58. The van der Waals surface area contributed by atoms with Gasteiger partial charge in [-0.15, -0.1) is 5.10 Å². The normalized spacial score (nSPS) is 16.8. The summed E-state index contributed by atoms with van der Waals surface area (Å²) in [5.41, 5.74) is 9.12. The van der Waals surface area contributed by atoms with Gasteiger partial charge in [-0.1, -0.05) is 6.07 Å². The maximum absolute atomic E-state index is 12.4. The molecule has 0 saturated carbocycles. The fourth-order valence-corrected chi connectivity index (χ4v) is 3.09. The summed E-state index contributed by atoms with van der Waals surface area (Å²) in [7, 11) is 0. The topological polar surface area (TPSA) is 98.2 Å². The Morgan fingerprint density at radius 2 is 2.33 bits per heavy atom. The van der Waals surface area contributed by atoms with E-state index in [1.807, 2.05) is 18.2 Å². The standard InChI is InChI=1S/C17H18N6O/c18-14-4-1-3-11-5-6-12(9-13(11)14)16(24)20-10-15-21-17-19-7-2-8-23(17)22-15/h2,5-9,14H,1,3-4,10,18H2,(H,20,24). The molecule has 1 unspecified atom stereocenters. The van der Waals surface area contributed by atoms with Gasteiger partial charge >= 0.3 is 0 Å². The molecule has 1 amide bonds. The molecule has 0 aliphatic heterocycles. The number of hydrogen-bond donors (Lipinski definition) is 2. The average molecular weight is 322 g/mol. The Bertz CT molecular complexity index is 870. The fraction of sp³-hybridized carbons (Fsp3) is 0.294. The molecular weight excluding hydrogens is 304 g/mol. The summed E-state index contributed by atoms with van der Waals surface area (Å²) in [6.07, 6.45) is 6.53. The number of carbonyl (C=O) groups is 1. The zero-order chi connectivity index (χ0) is 16.5. The highest BCUT2D eigenvalue weighted by molar-refractivity contribution is 5.94. The van der Waals surface area contributed by atoms with Crippen LogP contribution in [0.25, 0.3) is 5.78 Å². The van der Waals surface area contributed by atoms with Gasteiger partial charge in [0.05, 0.1) is 6.54 Å². The first-order chi connectivity index (χ1) is 11.7. The second-order valence-corrected chi connectivity index (χ2v) is 5.99. The van der Waals surface area contributed by atoms with Crippen molar-refractivity contribution in [3.8, 4) is 0 Å². The van der Waals surface area contributed by atoms with E-state index >= 15 is 0 Å². The third kappa shape index (κ3) is 2.74. The molecule has 1 aliphatic rings. The van der Waals surface area contributed by atoms with Crippen LogP contribution in [0.1, 0.15) is 46.2 Å². The minimum Gasteiger partial charge on any atom is -0.345 e. The molecule has 7 nitrogen and oxygen atoms in total. The number of benzene rings is 1. The molecule has 4 rings (SSSR count). The van der Waals surface area contributed by atoms with Crippen molar-refractivity contribution in [1.82, 2.24) is 24.9 Å². The van der Waals surface area contributed by atoms with Gasteiger partial charge in [-0.2, -0.15) is 4.98 Å². The Morgan fingerprint density at radius 1 is 1.42 bits per heavy atom. The monoisotopic (exact) mass is 322 g/mol. The Labute approximate surface area is 138 Å². The second-order valence-electron chi connectivity index (χ2n) is 5.99. The molecule has 0 saturated heterocycles. The maximum Gasteiger partial charge on any atom is 0.252 e. The second kappa shape index (κ2) is 6.01. The van der Waals surface area contributed by atoms with Crippen molar-refractivity contribution in [2.75, 3.05) is 0 Å². The number of nitrogens with two attached hydrogens (primary N) is 1. The number of aromatic nitrogens is 4. The highest BCUT2D eigenvalue weighted by atomic mass is 16.1. The first-order valence-electron chi connectivity index (χ1n) is 8.03. The number of aryl methyl sites for hydroxylation is 1. The van der Waals surface area contributed by atoms with Crippen molar-refractivity contribution in [1.29, 1.82) is 0 Å². The van der Waals surface area contributed by atoms with E-state index in [0.29, 0.717) is 17.2 Å². The molecular formula is C17H18N6O. The van der Waals surface area contributed by atoms with Crippen molar-refractivity contribution in [2.24, 2.45) is 5.73 Å². The summed E-state index contributed by atoms with van der Waals surface area (Å²) in [4.78, 5) is 20.8. The average Bonchev–Trinajstić information content (AvgIpc) is 3.03. The van der Waals surface area contributed by atoms with Crippen LogP contribution in [0, 0.1) is 0 Å². The molecule has 1 aliphatic carbocycles. The number of nitrogens with one attached hydrogen (secondary N) is 1. The molecule has 2 aromatic heterocycles. The van der Waals surface area contributed by atoms with Crippen molar-refractivity contribution in [3.63, 3.8) is 0 Å². The molecule has 1 aromatic carbocycles. The van der Waals surface area contributed by atoms with Crippen LogP contribution in [0.15, 0.2) is 36.7 Å². The lowest BCUT2D eigenvalue weighted by Crippen LogP contribution is -2.25. The Morgan fingerprint density at radius 3 is 3.21 bits per heavy atom. The van der Waals surface area contributed by atoms with E-state index in [9.17, 15) is 4.79 Å². The minimum absolute atomic E-state index is 0.0210. The van der Waals surface area contributed by atoms with E-state index in [-0.39, 0.29) is 18.5 Å². The quantitative estimate of drug-likeness (QED) is 0.759. The van der Waals surface area contributed by atoms with Crippen molar-refractivity contribution >= 4 is 11.7 Å². The van der Waals surface area contributed by atoms with Gasteiger partial charge in [-0.3, -0.25) is 4.79 Å². The third-order valence-electron chi connectivity index (χ3n) is 4.34. The SMILES string of the molecule is NC1CCCc2ccc(C(=O)NCc3nc4ncccn4n3)cc21. The molecule has 3 aromatic rings. The number of nitrogens with zero attached hydrogens (tertiary/aromatic N) is 4. The van der Waals surface area contributed by atoms with Crippen LogP contribution >= 0.6 is 0 Å². The lowest BCUT2D eigenvalue weighted by molar-refractivity contribution is 0.0949. The molecule has 0 fully saturated rings. The van der Waals surface area contributed by atoms with E-state index < -0.39 is 0 Å². The van der Waals surface area contributed by atoms with Gasteiger partial charge in [-0.05, 0) is 48.6 Å². The first kappa shape index (κ1) is 14.8. The summed E-state index contributed by atoms with van der Waals surface area (Å²) in [5.74, 6) is 0.889. The van der Waals surface area contributed by atoms with Crippen LogP contribution in [-0.2, 0) is 13.0 Å². The van der Waals surface area contributed by atoms with Crippen LogP contribution in [0.3, 0.4) is 0 Å². The minimum atomic E-state index is -0.151. The number of amides is 1. The summed E-state index contributed by atoms with van der Waals surface area (Å²) in [5, 5.41) is 7.12. The lowest BCUT2D eigenvalue weighted by atomic mass is 9.87. The van der Waals surface area contributed by atoms with Crippen LogP contribution < -0.4 is 11.1 Å². The fourth-order valence-electron chi connectivity index (χ4n) is 3.09. The van der Waals surface area contributed by atoms with Gasteiger partial charge in [0.2, 0.25) is 0 Å². The van der Waals surface area contributed by atoms with Crippen LogP contribution in [0.5, 0.6) is 0 Å². The Hall–Kier alpha value is -2.80. The summed E-state index contributed by atoms with van der Waals surface area (Å²) >= 11 is 0. The number of rotatable bonds is 3. The summed E-state index contributed by atoms with van der Waals surface area (Å²) in [6, 6.07) is 7.57. The molecule has 7 heteroatoms. The van der Waals surface area contributed by atoms with E-state index in [2.05, 4.69) is 20.4 Å². The largest absolute Gasteiger partial charge is 0.345 e. The van der Waals surface area contributed by atoms with Crippen LogP contribution in [0.4, 0.5) is 0 Å². The van der Waals surface area contributed by atoms with Gasteiger partial charge in [-0.25, -0.2) is 9.50 Å². The van der Waals surface area contributed by atoms with Gasteiger partial charge in [0.25, 0.3) is 11.7 Å². The molecule has 0 bridgehead atoms. The van der Waals surface area contributed by atoms with Gasteiger partial charge in [0.15, 0.2) is 5.82 Å². The Kier molecular flexibility index (Phi) is 3.70. The summed E-state index contributed by atoms with van der Waals surface area (Å²) in [6.45, 7) is 0.255. The van der Waals surface area contributed by atoms with Gasteiger partial charge in [0, 0.05) is 24.0 Å². The molecule has 1 atom stereocenters. The highest BCUT2D eigenvalue weighted by Gasteiger charge is 2.18. The highest BCUT2D eigenvalue weighted by Crippen LogP contribution is 2.28. The maximum atomic E-state index is 12.4. The predicted molar refractivity (Wildman–Crippen MR) is 88.3 cm³/mol.